The topological polar surface area (TPSA) is 0 Å². The van der Waals surface area contributed by atoms with Gasteiger partial charge in [0, 0.05) is 5.33 Å². The molecule has 0 heterocycles. The van der Waals surface area contributed by atoms with Gasteiger partial charge in [0.15, 0.2) is 11.6 Å². The van der Waals surface area contributed by atoms with Crippen molar-refractivity contribution < 1.29 is 8.78 Å². The van der Waals surface area contributed by atoms with Crippen LogP contribution in [0.15, 0.2) is 18.2 Å². The van der Waals surface area contributed by atoms with Crippen molar-refractivity contribution in [3.8, 4) is 0 Å². The second kappa shape index (κ2) is 6.21. The number of rotatable bonds is 5. The number of hydrogen-bond acceptors (Lipinski definition) is 0. The standard InChI is InChI=1S/C12H15BrF2/c1-2-4-9(8-13)7-10-5-3-6-11(14)12(10)15/h3,5-6,9H,2,4,7-8H2,1H3. The van der Waals surface area contributed by atoms with Gasteiger partial charge in [-0.25, -0.2) is 8.78 Å². The molecule has 1 aromatic carbocycles. The number of alkyl halides is 1. The van der Waals surface area contributed by atoms with Crippen LogP contribution in [0.3, 0.4) is 0 Å². The molecule has 0 N–H and O–H groups in total. The quantitative estimate of drug-likeness (QED) is 0.703. The van der Waals surface area contributed by atoms with Crippen LogP contribution in [-0.4, -0.2) is 5.33 Å². The van der Waals surface area contributed by atoms with E-state index in [0.717, 1.165) is 24.2 Å². The summed E-state index contributed by atoms with van der Waals surface area (Å²) in [7, 11) is 0. The van der Waals surface area contributed by atoms with E-state index in [-0.39, 0.29) is 0 Å². The highest BCUT2D eigenvalue weighted by molar-refractivity contribution is 9.09. The van der Waals surface area contributed by atoms with Crippen molar-refractivity contribution in [2.45, 2.75) is 26.2 Å². The Bertz CT molecular complexity index is 312. The van der Waals surface area contributed by atoms with E-state index in [4.69, 9.17) is 0 Å². The average molecular weight is 277 g/mol. The van der Waals surface area contributed by atoms with E-state index in [1.54, 1.807) is 12.1 Å². The summed E-state index contributed by atoms with van der Waals surface area (Å²) in [5, 5.41) is 0.830. The van der Waals surface area contributed by atoms with Gasteiger partial charge in [-0.1, -0.05) is 41.4 Å². The van der Waals surface area contributed by atoms with Crippen LogP contribution in [0.5, 0.6) is 0 Å². The van der Waals surface area contributed by atoms with Crippen LogP contribution in [0.25, 0.3) is 0 Å². The molecule has 84 valence electrons. The summed E-state index contributed by atoms with van der Waals surface area (Å²) in [5.74, 6) is -1.07. The lowest BCUT2D eigenvalue weighted by atomic mass is 9.96. The van der Waals surface area contributed by atoms with Gasteiger partial charge in [0.25, 0.3) is 0 Å². The largest absolute Gasteiger partial charge is 0.204 e. The Kier molecular flexibility index (Phi) is 5.23. The van der Waals surface area contributed by atoms with Crippen molar-refractivity contribution in [1.29, 1.82) is 0 Å². The first-order valence-electron chi connectivity index (χ1n) is 5.17. The van der Waals surface area contributed by atoms with Gasteiger partial charge >= 0.3 is 0 Å². The summed E-state index contributed by atoms with van der Waals surface area (Å²) in [5.41, 5.74) is 0.480. The highest BCUT2D eigenvalue weighted by atomic mass is 79.9. The molecule has 0 spiro atoms. The Balaban J connectivity index is 2.74. The molecule has 1 unspecified atom stereocenters. The van der Waals surface area contributed by atoms with E-state index in [0.29, 0.717) is 17.9 Å². The highest BCUT2D eigenvalue weighted by Crippen LogP contribution is 2.20. The molecule has 0 amide bonds. The molecule has 0 aliphatic rings. The van der Waals surface area contributed by atoms with E-state index >= 15 is 0 Å². The van der Waals surface area contributed by atoms with Gasteiger partial charge in [-0.05, 0) is 30.4 Å². The molecule has 0 saturated carbocycles. The van der Waals surface area contributed by atoms with Gasteiger partial charge in [0.05, 0.1) is 0 Å². The summed E-state index contributed by atoms with van der Waals surface area (Å²) < 4.78 is 26.3. The summed E-state index contributed by atoms with van der Waals surface area (Å²) in [6, 6.07) is 4.37. The highest BCUT2D eigenvalue weighted by Gasteiger charge is 2.12. The summed E-state index contributed by atoms with van der Waals surface area (Å²) in [6.07, 6.45) is 2.69. The van der Waals surface area contributed by atoms with Crippen molar-refractivity contribution in [2.24, 2.45) is 5.92 Å². The first kappa shape index (κ1) is 12.6. The lowest BCUT2D eigenvalue weighted by Crippen LogP contribution is -2.08. The summed E-state index contributed by atoms with van der Waals surface area (Å²) in [4.78, 5) is 0. The van der Waals surface area contributed by atoms with Crippen LogP contribution in [0.1, 0.15) is 25.3 Å². The van der Waals surface area contributed by atoms with Crippen molar-refractivity contribution in [3.63, 3.8) is 0 Å². The SMILES string of the molecule is CCCC(CBr)Cc1cccc(F)c1F. The van der Waals surface area contributed by atoms with Crippen LogP contribution in [0.4, 0.5) is 8.78 Å². The first-order chi connectivity index (χ1) is 7.19. The van der Waals surface area contributed by atoms with Crippen LogP contribution in [0, 0.1) is 17.6 Å². The Morgan fingerprint density at radius 3 is 2.67 bits per heavy atom. The third kappa shape index (κ3) is 3.56. The Morgan fingerprint density at radius 1 is 1.33 bits per heavy atom. The van der Waals surface area contributed by atoms with Crippen molar-refractivity contribution in [1.82, 2.24) is 0 Å². The lowest BCUT2D eigenvalue weighted by molar-refractivity contribution is 0.475. The average Bonchev–Trinajstić information content (AvgIpc) is 2.24. The number of halogens is 3. The molecule has 0 aromatic heterocycles. The summed E-state index contributed by atoms with van der Waals surface area (Å²) in [6.45, 7) is 2.09. The molecule has 0 saturated heterocycles. The van der Waals surface area contributed by atoms with E-state index in [1.165, 1.54) is 0 Å². The molecule has 0 aliphatic heterocycles. The van der Waals surface area contributed by atoms with Gasteiger partial charge in [0.2, 0.25) is 0 Å². The molecule has 1 aromatic rings. The zero-order valence-corrected chi connectivity index (χ0v) is 10.4. The van der Waals surface area contributed by atoms with E-state index in [9.17, 15) is 8.78 Å². The van der Waals surface area contributed by atoms with Crippen molar-refractivity contribution in [2.75, 3.05) is 5.33 Å². The Hall–Kier alpha value is -0.440. The first-order valence-corrected chi connectivity index (χ1v) is 6.30. The number of benzene rings is 1. The zero-order valence-electron chi connectivity index (χ0n) is 8.77. The second-order valence-corrected chi connectivity index (χ2v) is 4.37. The third-order valence-electron chi connectivity index (χ3n) is 2.46. The molecule has 1 rings (SSSR count). The maximum atomic E-state index is 13.3. The van der Waals surface area contributed by atoms with E-state index in [2.05, 4.69) is 22.9 Å². The maximum absolute atomic E-state index is 13.3. The molecule has 0 aliphatic carbocycles. The second-order valence-electron chi connectivity index (χ2n) is 3.73. The lowest BCUT2D eigenvalue weighted by Gasteiger charge is -2.13. The zero-order chi connectivity index (χ0) is 11.3. The van der Waals surface area contributed by atoms with Crippen LogP contribution in [0.2, 0.25) is 0 Å². The van der Waals surface area contributed by atoms with Gasteiger partial charge in [-0.2, -0.15) is 0 Å². The predicted octanol–water partition coefficient (Wildman–Crippen LogP) is 4.32. The maximum Gasteiger partial charge on any atom is 0.162 e. The minimum absolute atomic E-state index is 0.381. The third-order valence-corrected chi connectivity index (χ3v) is 3.37. The van der Waals surface area contributed by atoms with Gasteiger partial charge in [-0.3, -0.25) is 0 Å². The Labute approximate surface area is 97.8 Å². The fourth-order valence-corrected chi connectivity index (χ4v) is 2.21. The fraction of sp³-hybridized carbons (Fsp3) is 0.500. The van der Waals surface area contributed by atoms with Crippen molar-refractivity contribution in [3.05, 3.63) is 35.4 Å². The molecular weight excluding hydrogens is 262 g/mol. The molecule has 15 heavy (non-hydrogen) atoms. The van der Waals surface area contributed by atoms with Crippen molar-refractivity contribution >= 4 is 15.9 Å². The molecule has 0 radical (unpaired) electrons. The number of hydrogen-bond donors (Lipinski definition) is 0. The fourth-order valence-electron chi connectivity index (χ4n) is 1.66. The molecule has 3 heteroatoms. The monoisotopic (exact) mass is 276 g/mol. The molecular formula is C12H15BrF2. The van der Waals surface area contributed by atoms with E-state index in [1.807, 2.05) is 0 Å². The molecule has 0 nitrogen and oxygen atoms in total. The minimum atomic E-state index is -0.752. The molecule has 0 fully saturated rings. The Morgan fingerprint density at radius 2 is 2.07 bits per heavy atom. The van der Waals surface area contributed by atoms with Gasteiger partial charge in [0.1, 0.15) is 0 Å². The molecule has 0 bridgehead atoms. The van der Waals surface area contributed by atoms with Gasteiger partial charge < -0.3 is 0 Å². The van der Waals surface area contributed by atoms with Crippen LogP contribution in [-0.2, 0) is 6.42 Å². The minimum Gasteiger partial charge on any atom is -0.204 e. The van der Waals surface area contributed by atoms with Crippen LogP contribution >= 0.6 is 15.9 Å². The van der Waals surface area contributed by atoms with Crippen LogP contribution < -0.4 is 0 Å². The smallest absolute Gasteiger partial charge is 0.162 e. The van der Waals surface area contributed by atoms with Gasteiger partial charge in [-0.15, -0.1) is 0 Å². The normalized spacial score (nSPS) is 12.8. The van der Waals surface area contributed by atoms with E-state index < -0.39 is 11.6 Å². The molecule has 1 atom stereocenters. The summed E-state index contributed by atoms with van der Waals surface area (Å²) >= 11 is 3.40. The predicted molar refractivity (Wildman–Crippen MR) is 62.3 cm³/mol.